The number of carbonyl (C=O) groups is 3. The van der Waals surface area contributed by atoms with Crippen LogP contribution in [0.1, 0.15) is 11.4 Å². The highest BCUT2D eigenvalue weighted by Gasteiger charge is 2.38. The van der Waals surface area contributed by atoms with Crippen molar-refractivity contribution in [2.45, 2.75) is 31.9 Å². The Morgan fingerprint density at radius 2 is 1.55 bits per heavy atom. The molecule has 17 heteroatoms. The van der Waals surface area contributed by atoms with Crippen LogP contribution in [0.2, 0.25) is 0 Å². The van der Waals surface area contributed by atoms with E-state index in [1.165, 1.54) is 0 Å². The number of hydrogen-bond donors (Lipinski definition) is 2. The molecule has 1 aromatic carbocycles. The summed E-state index contributed by atoms with van der Waals surface area (Å²) in [5, 5.41) is 14.2. The van der Waals surface area contributed by atoms with Gasteiger partial charge in [-0.2, -0.15) is 26.3 Å². The van der Waals surface area contributed by atoms with Crippen molar-refractivity contribution in [3.05, 3.63) is 41.9 Å². The second-order valence-corrected chi connectivity index (χ2v) is 8.97. The minimum Gasteiger partial charge on any atom is -0.475 e. The monoisotopic (exact) mass is 612 g/mol. The van der Waals surface area contributed by atoms with E-state index < -0.39 is 24.3 Å². The normalized spacial score (nSPS) is 15.7. The highest BCUT2D eigenvalue weighted by Crippen LogP contribution is 2.24. The van der Waals surface area contributed by atoms with Crippen molar-refractivity contribution in [1.82, 2.24) is 19.4 Å². The molecule has 2 aliphatic heterocycles. The molecule has 0 aliphatic carbocycles. The van der Waals surface area contributed by atoms with Crippen LogP contribution < -0.4 is 0 Å². The van der Waals surface area contributed by atoms with Crippen LogP contribution >= 0.6 is 0 Å². The lowest BCUT2D eigenvalue weighted by molar-refractivity contribution is -0.193. The maximum atomic E-state index is 12.8. The molecule has 0 atom stereocenters. The summed E-state index contributed by atoms with van der Waals surface area (Å²) in [5.74, 6) is -4.26. The average Bonchev–Trinajstić information content (AvgIpc) is 3.20. The van der Waals surface area contributed by atoms with Gasteiger partial charge in [0.25, 0.3) is 0 Å². The number of rotatable bonds is 5. The summed E-state index contributed by atoms with van der Waals surface area (Å²) < 4.78 is 76.4. The highest BCUT2D eigenvalue weighted by molar-refractivity contribution is 5.78. The molecular formula is C25H30F6N4O7. The van der Waals surface area contributed by atoms with Gasteiger partial charge in [0.05, 0.1) is 38.3 Å². The molecule has 1 aromatic heterocycles. The first kappa shape index (κ1) is 34.5. The largest absolute Gasteiger partial charge is 0.490 e. The summed E-state index contributed by atoms with van der Waals surface area (Å²) in [4.78, 5) is 39.4. The summed E-state index contributed by atoms with van der Waals surface area (Å²) in [6.07, 6.45) is -7.43. The first-order valence-corrected chi connectivity index (χ1v) is 12.4. The number of morpholine rings is 1. The van der Waals surface area contributed by atoms with Crippen LogP contribution in [0.15, 0.2) is 30.5 Å². The van der Waals surface area contributed by atoms with Crippen molar-refractivity contribution >= 4 is 17.8 Å². The van der Waals surface area contributed by atoms with E-state index in [9.17, 15) is 31.1 Å². The Morgan fingerprint density at radius 3 is 2.10 bits per heavy atom. The van der Waals surface area contributed by atoms with E-state index in [0.717, 1.165) is 61.8 Å². The smallest absolute Gasteiger partial charge is 0.475 e. The van der Waals surface area contributed by atoms with Gasteiger partial charge < -0.3 is 29.2 Å². The van der Waals surface area contributed by atoms with Crippen LogP contribution in [0.4, 0.5) is 26.3 Å². The number of hydrogen-bond acceptors (Lipinski definition) is 7. The van der Waals surface area contributed by atoms with E-state index in [4.69, 9.17) is 29.3 Å². The van der Waals surface area contributed by atoms with Gasteiger partial charge in [-0.05, 0) is 11.6 Å². The van der Waals surface area contributed by atoms with E-state index in [1.54, 1.807) is 7.11 Å². The zero-order valence-corrected chi connectivity index (χ0v) is 22.5. The van der Waals surface area contributed by atoms with Crippen LogP contribution in [0.3, 0.4) is 0 Å². The number of methoxy groups -OCH3 is 1. The Balaban J connectivity index is 0.000000367. The molecular weight excluding hydrogens is 582 g/mol. The van der Waals surface area contributed by atoms with Gasteiger partial charge >= 0.3 is 24.3 Å². The quantitative estimate of drug-likeness (QED) is 0.489. The van der Waals surface area contributed by atoms with Crippen LogP contribution in [0.25, 0.3) is 11.3 Å². The highest BCUT2D eigenvalue weighted by atomic mass is 19.4. The molecule has 0 spiro atoms. The number of ether oxygens (including phenoxy) is 2. The number of imidazole rings is 1. The number of aliphatic carboxylic acids is 2. The number of fused-ring (bicyclic) bond motifs is 1. The molecule has 0 radical (unpaired) electrons. The third-order valence-electron chi connectivity index (χ3n) is 5.97. The van der Waals surface area contributed by atoms with E-state index >= 15 is 0 Å². The second-order valence-electron chi connectivity index (χ2n) is 8.97. The van der Waals surface area contributed by atoms with Crippen molar-refractivity contribution in [2.75, 3.05) is 53.0 Å². The fourth-order valence-corrected chi connectivity index (χ4v) is 3.95. The van der Waals surface area contributed by atoms with Crippen LogP contribution in [0.5, 0.6) is 0 Å². The lowest BCUT2D eigenvalue weighted by Gasteiger charge is -2.29. The van der Waals surface area contributed by atoms with Crippen molar-refractivity contribution in [3.63, 3.8) is 0 Å². The second kappa shape index (κ2) is 15.5. The number of aromatic nitrogens is 2. The Labute approximate surface area is 236 Å². The summed E-state index contributed by atoms with van der Waals surface area (Å²) >= 11 is 0. The number of benzene rings is 1. The SMILES string of the molecule is COCc1cccc(-c2cnc3n2CCN(C(=O)CN2CCOCC2)CC3)c1.O=C(O)C(F)(F)F.O=C(O)C(F)(F)F. The summed E-state index contributed by atoms with van der Waals surface area (Å²) in [6.45, 7) is 6.40. The maximum Gasteiger partial charge on any atom is 0.490 e. The van der Waals surface area contributed by atoms with Gasteiger partial charge in [0.15, 0.2) is 0 Å². The van der Waals surface area contributed by atoms with Crippen molar-refractivity contribution in [1.29, 1.82) is 0 Å². The van der Waals surface area contributed by atoms with Gasteiger partial charge in [-0.3, -0.25) is 9.69 Å². The van der Waals surface area contributed by atoms with Crippen LogP contribution in [0, 0.1) is 0 Å². The molecule has 0 unspecified atom stereocenters. The van der Waals surface area contributed by atoms with Gasteiger partial charge in [-0.25, -0.2) is 14.6 Å². The van der Waals surface area contributed by atoms with Gasteiger partial charge in [0.1, 0.15) is 5.82 Å². The Kier molecular flexibility index (Phi) is 12.7. The number of carboxylic acid groups (broad SMARTS) is 2. The van der Waals surface area contributed by atoms with Crippen molar-refractivity contribution < 1.29 is 60.4 Å². The molecule has 42 heavy (non-hydrogen) atoms. The summed E-state index contributed by atoms with van der Waals surface area (Å²) in [6, 6.07) is 8.38. The Morgan fingerprint density at radius 1 is 0.952 bits per heavy atom. The van der Waals surface area contributed by atoms with E-state index in [-0.39, 0.29) is 5.91 Å². The Hall–Kier alpha value is -3.70. The van der Waals surface area contributed by atoms with Gasteiger partial charge in [0.2, 0.25) is 5.91 Å². The van der Waals surface area contributed by atoms with Crippen LogP contribution in [-0.2, 0) is 43.4 Å². The molecule has 0 saturated carbocycles. The number of halogens is 6. The molecule has 0 bridgehead atoms. The minimum atomic E-state index is -5.08. The summed E-state index contributed by atoms with van der Waals surface area (Å²) in [5.41, 5.74) is 3.39. The zero-order valence-electron chi connectivity index (χ0n) is 22.5. The summed E-state index contributed by atoms with van der Waals surface area (Å²) in [7, 11) is 1.71. The molecule has 234 valence electrons. The number of amides is 1. The van der Waals surface area contributed by atoms with Gasteiger partial charge in [-0.15, -0.1) is 0 Å². The lowest BCUT2D eigenvalue weighted by atomic mass is 10.1. The number of carboxylic acids is 2. The number of alkyl halides is 6. The van der Waals surface area contributed by atoms with E-state index in [0.29, 0.717) is 26.4 Å². The fraction of sp³-hybridized carbons (Fsp3) is 0.520. The van der Waals surface area contributed by atoms with Gasteiger partial charge in [0, 0.05) is 51.8 Å². The van der Waals surface area contributed by atoms with Gasteiger partial charge in [-0.1, -0.05) is 18.2 Å². The minimum absolute atomic E-state index is 0.205. The first-order chi connectivity index (χ1) is 19.6. The number of carbonyl (C=O) groups excluding carboxylic acids is 1. The average molecular weight is 613 g/mol. The van der Waals surface area contributed by atoms with E-state index in [2.05, 4.69) is 38.7 Å². The molecule has 1 amide bonds. The zero-order chi connectivity index (χ0) is 31.5. The van der Waals surface area contributed by atoms with E-state index in [1.807, 2.05) is 11.1 Å². The lowest BCUT2D eigenvalue weighted by Crippen LogP contribution is -2.45. The maximum absolute atomic E-state index is 12.8. The van der Waals surface area contributed by atoms with Crippen LogP contribution in [-0.4, -0.2) is 113 Å². The molecule has 11 nitrogen and oxygen atoms in total. The predicted molar refractivity (Wildman–Crippen MR) is 133 cm³/mol. The Bertz CT molecular complexity index is 1170. The molecule has 1 fully saturated rings. The fourth-order valence-electron chi connectivity index (χ4n) is 3.95. The molecule has 4 rings (SSSR count). The molecule has 1 saturated heterocycles. The molecule has 3 heterocycles. The van der Waals surface area contributed by atoms with Crippen molar-refractivity contribution in [3.8, 4) is 11.3 Å². The van der Waals surface area contributed by atoms with Crippen molar-refractivity contribution in [2.24, 2.45) is 0 Å². The standard InChI is InChI=1S/C21H28N4O3.2C2HF3O2/c1-27-16-17-3-2-4-18(13-17)19-14-22-20-5-6-24(7-8-25(19)20)21(26)15-23-9-11-28-12-10-23;2*3-2(4,5)1(6)7/h2-4,13-14H,5-12,15-16H2,1H3;2*(H,6,7). The third kappa shape index (κ3) is 10.9. The molecule has 2 aliphatic rings. The number of nitrogens with zero attached hydrogens (tertiary/aromatic N) is 4. The topological polar surface area (TPSA) is 134 Å². The third-order valence-corrected chi connectivity index (χ3v) is 5.97. The molecule has 2 aromatic rings. The predicted octanol–water partition coefficient (Wildman–Crippen LogP) is 2.68. The first-order valence-electron chi connectivity index (χ1n) is 12.4. The molecule has 2 N–H and O–H groups in total.